The van der Waals surface area contributed by atoms with E-state index in [2.05, 4.69) is 5.32 Å². The molecule has 0 bridgehead atoms. The standard InChI is InChI=1S/C8H12N2O4/c11-4-2-1-3-5(12)8(4)6(13)9-7(14)10-8/h4-5,11-12H,1-3H2,(H2,9,10,13,14)/t4-,5+,8?. The molecule has 1 heterocycles. The second kappa shape index (κ2) is 2.93. The fourth-order valence-electron chi connectivity index (χ4n) is 2.13. The minimum absolute atomic E-state index is 0.408. The van der Waals surface area contributed by atoms with E-state index in [1.54, 1.807) is 0 Å². The molecule has 3 amide bonds. The van der Waals surface area contributed by atoms with Crippen LogP contribution >= 0.6 is 0 Å². The summed E-state index contributed by atoms with van der Waals surface area (Å²) in [5.74, 6) is -0.637. The molecule has 1 spiro atoms. The van der Waals surface area contributed by atoms with Crippen LogP contribution in [0.25, 0.3) is 0 Å². The molecule has 1 aliphatic heterocycles. The lowest BCUT2D eigenvalue weighted by molar-refractivity contribution is -0.138. The van der Waals surface area contributed by atoms with E-state index in [0.29, 0.717) is 19.3 Å². The number of amides is 3. The maximum absolute atomic E-state index is 11.5. The summed E-state index contributed by atoms with van der Waals surface area (Å²) in [5, 5.41) is 23.7. The van der Waals surface area contributed by atoms with Crippen LogP contribution in [0, 0.1) is 0 Å². The molecule has 3 atom stereocenters. The third-order valence-corrected chi connectivity index (χ3v) is 2.93. The summed E-state index contributed by atoms with van der Waals surface area (Å²) in [6.45, 7) is 0. The zero-order valence-electron chi connectivity index (χ0n) is 7.49. The molecule has 78 valence electrons. The van der Waals surface area contributed by atoms with Crippen molar-refractivity contribution in [3.8, 4) is 0 Å². The Morgan fingerprint density at radius 2 is 1.79 bits per heavy atom. The van der Waals surface area contributed by atoms with Crippen molar-refractivity contribution in [3.05, 3.63) is 0 Å². The lowest BCUT2D eigenvalue weighted by atomic mass is 9.77. The molecule has 1 unspecified atom stereocenters. The van der Waals surface area contributed by atoms with Crippen LogP contribution in [-0.2, 0) is 4.79 Å². The molecule has 2 aliphatic rings. The number of rotatable bonds is 0. The molecule has 14 heavy (non-hydrogen) atoms. The van der Waals surface area contributed by atoms with Gasteiger partial charge >= 0.3 is 6.03 Å². The summed E-state index contributed by atoms with van der Waals surface area (Å²) >= 11 is 0. The van der Waals surface area contributed by atoms with Gasteiger partial charge in [-0.3, -0.25) is 10.1 Å². The van der Waals surface area contributed by atoms with Crippen molar-refractivity contribution in [2.75, 3.05) is 0 Å². The Labute approximate surface area is 80.3 Å². The second-order valence-corrected chi connectivity index (χ2v) is 3.74. The Kier molecular flexibility index (Phi) is 1.97. The lowest BCUT2D eigenvalue weighted by Crippen LogP contribution is -2.65. The van der Waals surface area contributed by atoms with Crippen molar-refractivity contribution in [2.24, 2.45) is 0 Å². The van der Waals surface area contributed by atoms with Crippen LogP contribution in [-0.4, -0.2) is 39.9 Å². The first-order chi connectivity index (χ1) is 6.57. The zero-order valence-corrected chi connectivity index (χ0v) is 7.49. The first kappa shape index (κ1) is 9.42. The summed E-state index contributed by atoms with van der Waals surface area (Å²) in [7, 11) is 0. The van der Waals surface area contributed by atoms with Gasteiger partial charge in [0.1, 0.15) is 0 Å². The fourth-order valence-corrected chi connectivity index (χ4v) is 2.13. The molecule has 0 aromatic heterocycles. The number of imide groups is 1. The number of aliphatic hydroxyl groups excluding tert-OH is 2. The third-order valence-electron chi connectivity index (χ3n) is 2.93. The van der Waals surface area contributed by atoms with Crippen LogP contribution in [0.3, 0.4) is 0 Å². The highest BCUT2D eigenvalue weighted by atomic mass is 16.3. The van der Waals surface area contributed by atoms with Gasteiger partial charge < -0.3 is 15.5 Å². The molecular weight excluding hydrogens is 188 g/mol. The first-order valence-corrected chi connectivity index (χ1v) is 4.57. The van der Waals surface area contributed by atoms with Crippen molar-refractivity contribution in [3.63, 3.8) is 0 Å². The molecule has 4 N–H and O–H groups in total. The summed E-state index contributed by atoms with van der Waals surface area (Å²) in [6.07, 6.45) is -0.571. The van der Waals surface area contributed by atoms with E-state index in [1.165, 1.54) is 0 Å². The van der Waals surface area contributed by atoms with Crippen LogP contribution in [0.4, 0.5) is 4.79 Å². The maximum atomic E-state index is 11.5. The first-order valence-electron chi connectivity index (χ1n) is 4.57. The Balaban J connectivity index is 2.35. The van der Waals surface area contributed by atoms with Crippen molar-refractivity contribution >= 4 is 11.9 Å². The average Bonchev–Trinajstić information content (AvgIpc) is 2.39. The molecule has 2 rings (SSSR count). The summed E-state index contributed by atoms with van der Waals surface area (Å²) in [6, 6.07) is -0.657. The van der Waals surface area contributed by atoms with E-state index < -0.39 is 29.7 Å². The molecule has 6 heteroatoms. The number of urea groups is 1. The second-order valence-electron chi connectivity index (χ2n) is 3.74. The topological polar surface area (TPSA) is 98.7 Å². The third kappa shape index (κ3) is 1.04. The van der Waals surface area contributed by atoms with E-state index in [4.69, 9.17) is 0 Å². The molecule has 6 nitrogen and oxygen atoms in total. The van der Waals surface area contributed by atoms with Crippen LogP contribution in [0.5, 0.6) is 0 Å². The highest BCUT2D eigenvalue weighted by Crippen LogP contribution is 2.31. The molecule has 2 fully saturated rings. The summed E-state index contributed by atoms with van der Waals surface area (Å²) in [4.78, 5) is 22.4. The molecule has 0 radical (unpaired) electrons. The highest BCUT2D eigenvalue weighted by Gasteiger charge is 2.57. The Morgan fingerprint density at radius 1 is 1.21 bits per heavy atom. The minimum Gasteiger partial charge on any atom is -0.390 e. The van der Waals surface area contributed by atoms with Gasteiger partial charge in [-0.05, 0) is 19.3 Å². The SMILES string of the molecule is O=C1NC(=O)C2(N1)[C@H](O)CCC[C@@H]2O. The van der Waals surface area contributed by atoms with Gasteiger partial charge in [0, 0.05) is 0 Å². The zero-order chi connectivity index (χ0) is 10.3. The van der Waals surface area contributed by atoms with Crippen LogP contribution in [0.15, 0.2) is 0 Å². The quantitative estimate of drug-likeness (QED) is 0.356. The maximum Gasteiger partial charge on any atom is 0.322 e. The number of nitrogens with one attached hydrogen (secondary N) is 2. The largest absolute Gasteiger partial charge is 0.390 e. The number of carbonyl (C=O) groups is 2. The predicted molar refractivity (Wildman–Crippen MR) is 45.3 cm³/mol. The number of aliphatic hydroxyl groups is 2. The Bertz CT molecular complexity index is 281. The normalized spacial score (nSPS) is 42.4. The number of carbonyl (C=O) groups excluding carboxylic acids is 2. The van der Waals surface area contributed by atoms with E-state index in [9.17, 15) is 19.8 Å². The van der Waals surface area contributed by atoms with Crippen LogP contribution in [0.2, 0.25) is 0 Å². The fraction of sp³-hybridized carbons (Fsp3) is 0.750. The van der Waals surface area contributed by atoms with Gasteiger partial charge in [-0.2, -0.15) is 0 Å². The molecule has 1 saturated carbocycles. The molecule has 1 aliphatic carbocycles. The van der Waals surface area contributed by atoms with E-state index in [1.807, 2.05) is 5.32 Å². The van der Waals surface area contributed by atoms with Gasteiger partial charge in [0.25, 0.3) is 5.91 Å². The highest BCUT2D eigenvalue weighted by molar-refractivity contribution is 6.08. The van der Waals surface area contributed by atoms with Crippen molar-refractivity contribution in [1.82, 2.24) is 10.6 Å². The van der Waals surface area contributed by atoms with Crippen molar-refractivity contribution in [1.29, 1.82) is 0 Å². The monoisotopic (exact) mass is 200 g/mol. The Hall–Kier alpha value is -1.14. The smallest absolute Gasteiger partial charge is 0.322 e. The van der Waals surface area contributed by atoms with E-state index in [-0.39, 0.29) is 0 Å². The average molecular weight is 200 g/mol. The molecule has 0 aromatic rings. The molecular formula is C8H12N2O4. The van der Waals surface area contributed by atoms with Crippen LogP contribution < -0.4 is 10.6 Å². The Morgan fingerprint density at radius 3 is 2.21 bits per heavy atom. The van der Waals surface area contributed by atoms with Gasteiger partial charge in [-0.25, -0.2) is 4.79 Å². The number of hydrogen-bond donors (Lipinski definition) is 4. The van der Waals surface area contributed by atoms with Crippen LogP contribution in [0.1, 0.15) is 19.3 Å². The molecule has 0 aromatic carbocycles. The van der Waals surface area contributed by atoms with E-state index in [0.717, 1.165) is 0 Å². The van der Waals surface area contributed by atoms with Gasteiger partial charge in [-0.1, -0.05) is 0 Å². The predicted octanol–water partition coefficient (Wildman–Crippen LogP) is -1.53. The minimum atomic E-state index is -1.52. The van der Waals surface area contributed by atoms with Gasteiger partial charge in [-0.15, -0.1) is 0 Å². The number of hydrogen-bond acceptors (Lipinski definition) is 4. The summed E-state index contributed by atoms with van der Waals surface area (Å²) < 4.78 is 0. The summed E-state index contributed by atoms with van der Waals surface area (Å²) in [5.41, 5.74) is -1.52. The lowest BCUT2D eigenvalue weighted by Gasteiger charge is -2.39. The van der Waals surface area contributed by atoms with Gasteiger partial charge in [0.05, 0.1) is 12.2 Å². The van der Waals surface area contributed by atoms with Crippen molar-refractivity contribution in [2.45, 2.75) is 37.0 Å². The van der Waals surface area contributed by atoms with Gasteiger partial charge in [0.2, 0.25) is 0 Å². The van der Waals surface area contributed by atoms with E-state index >= 15 is 0 Å². The van der Waals surface area contributed by atoms with Gasteiger partial charge in [0.15, 0.2) is 5.54 Å². The molecule has 1 saturated heterocycles. The van der Waals surface area contributed by atoms with Crippen molar-refractivity contribution < 1.29 is 19.8 Å².